The van der Waals surface area contributed by atoms with Crippen molar-refractivity contribution in [2.24, 2.45) is 5.92 Å². The molecule has 0 aromatic rings. The minimum atomic E-state index is 0.722. The van der Waals surface area contributed by atoms with E-state index in [9.17, 15) is 0 Å². The third kappa shape index (κ3) is 6.21. The van der Waals surface area contributed by atoms with Crippen LogP contribution in [0.25, 0.3) is 0 Å². The molecule has 0 radical (unpaired) electrons. The van der Waals surface area contributed by atoms with Crippen LogP contribution in [0, 0.1) is 5.92 Å². The smallest absolute Gasteiger partial charge is 0.0202 e. The average molecular weight is 166 g/mol. The first kappa shape index (κ1) is 11.5. The SMILES string of the molecule is C=CCC(C=CCCCC)CC. The Morgan fingerprint density at radius 2 is 2.08 bits per heavy atom. The fraction of sp³-hybridized carbons (Fsp3) is 0.667. The van der Waals surface area contributed by atoms with E-state index in [4.69, 9.17) is 0 Å². The molecule has 0 saturated carbocycles. The molecule has 0 aromatic heterocycles. The van der Waals surface area contributed by atoms with Gasteiger partial charge in [0.1, 0.15) is 0 Å². The molecule has 0 bridgehead atoms. The molecule has 0 saturated heterocycles. The van der Waals surface area contributed by atoms with Gasteiger partial charge in [-0.3, -0.25) is 0 Å². The predicted molar refractivity (Wildman–Crippen MR) is 57.3 cm³/mol. The Bertz CT molecular complexity index is 122. The molecule has 0 nitrogen and oxygen atoms in total. The highest BCUT2D eigenvalue weighted by Gasteiger charge is 1.96. The molecule has 0 aromatic carbocycles. The molecule has 0 aliphatic carbocycles. The molecule has 0 amide bonds. The van der Waals surface area contributed by atoms with Crippen LogP contribution in [0.3, 0.4) is 0 Å². The van der Waals surface area contributed by atoms with Crippen molar-refractivity contribution in [2.75, 3.05) is 0 Å². The summed E-state index contributed by atoms with van der Waals surface area (Å²) < 4.78 is 0. The van der Waals surface area contributed by atoms with Crippen LogP contribution < -0.4 is 0 Å². The summed E-state index contributed by atoms with van der Waals surface area (Å²) in [5, 5.41) is 0. The van der Waals surface area contributed by atoms with Crippen molar-refractivity contribution in [3.05, 3.63) is 24.8 Å². The van der Waals surface area contributed by atoms with E-state index in [1.54, 1.807) is 0 Å². The summed E-state index contributed by atoms with van der Waals surface area (Å²) in [4.78, 5) is 0. The van der Waals surface area contributed by atoms with Gasteiger partial charge >= 0.3 is 0 Å². The third-order valence-electron chi connectivity index (χ3n) is 2.13. The molecule has 1 unspecified atom stereocenters. The maximum Gasteiger partial charge on any atom is -0.0202 e. The Morgan fingerprint density at radius 3 is 2.58 bits per heavy atom. The molecular formula is C12H22. The Morgan fingerprint density at radius 1 is 1.33 bits per heavy atom. The first-order valence-electron chi connectivity index (χ1n) is 5.12. The van der Waals surface area contributed by atoms with Crippen LogP contribution in [0.1, 0.15) is 46.0 Å². The van der Waals surface area contributed by atoms with Crippen LogP contribution >= 0.6 is 0 Å². The van der Waals surface area contributed by atoms with E-state index in [0.717, 1.165) is 12.3 Å². The van der Waals surface area contributed by atoms with Crippen LogP contribution in [-0.2, 0) is 0 Å². The fourth-order valence-corrected chi connectivity index (χ4v) is 1.21. The molecule has 0 fully saturated rings. The molecule has 70 valence electrons. The van der Waals surface area contributed by atoms with Crippen LogP contribution in [0.2, 0.25) is 0 Å². The van der Waals surface area contributed by atoms with Gasteiger partial charge in [0.25, 0.3) is 0 Å². The van der Waals surface area contributed by atoms with Crippen molar-refractivity contribution >= 4 is 0 Å². The summed E-state index contributed by atoms with van der Waals surface area (Å²) in [6, 6.07) is 0. The Balaban J connectivity index is 3.53. The predicted octanol–water partition coefficient (Wildman–Crippen LogP) is 4.34. The van der Waals surface area contributed by atoms with Crippen molar-refractivity contribution in [1.82, 2.24) is 0 Å². The maximum absolute atomic E-state index is 3.76. The molecule has 0 N–H and O–H groups in total. The first-order valence-corrected chi connectivity index (χ1v) is 5.12. The van der Waals surface area contributed by atoms with E-state index >= 15 is 0 Å². The Kier molecular flexibility index (Phi) is 8.20. The molecule has 0 aliphatic heterocycles. The van der Waals surface area contributed by atoms with Gasteiger partial charge in [0, 0.05) is 0 Å². The van der Waals surface area contributed by atoms with Crippen molar-refractivity contribution in [3.8, 4) is 0 Å². The zero-order valence-electron chi connectivity index (χ0n) is 8.55. The van der Waals surface area contributed by atoms with Gasteiger partial charge in [-0.25, -0.2) is 0 Å². The van der Waals surface area contributed by atoms with Crippen molar-refractivity contribution in [3.63, 3.8) is 0 Å². The number of unbranched alkanes of at least 4 members (excludes halogenated alkanes) is 2. The summed E-state index contributed by atoms with van der Waals surface area (Å²) in [5.74, 6) is 0.722. The lowest BCUT2D eigenvalue weighted by Gasteiger charge is -2.04. The van der Waals surface area contributed by atoms with E-state index in [2.05, 4.69) is 32.6 Å². The summed E-state index contributed by atoms with van der Waals surface area (Å²) >= 11 is 0. The normalized spacial score (nSPS) is 13.5. The topological polar surface area (TPSA) is 0 Å². The first-order chi connectivity index (χ1) is 5.85. The van der Waals surface area contributed by atoms with Gasteiger partial charge in [-0.1, -0.05) is 44.9 Å². The second kappa shape index (κ2) is 8.58. The van der Waals surface area contributed by atoms with Crippen molar-refractivity contribution in [2.45, 2.75) is 46.0 Å². The van der Waals surface area contributed by atoms with Gasteiger partial charge in [0.15, 0.2) is 0 Å². The van der Waals surface area contributed by atoms with E-state index in [1.807, 2.05) is 6.08 Å². The van der Waals surface area contributed by atoms with Gasteiger partial charge in [0.2, 0.25) is 0 Å². The van der Waals surface area contributed by atoms with E-state index in [1.165, 1.54) is 25.7 Å². The number of hydrogen-bond donors (Lipinski definition) is 0. The van der Waals surface area contributed by atoms with Crippen LogP contribution in [0.4, 0.5) is 0 Å². The van der Waals surface area contributed by atoms with Gasteiger partial charge < -0.3 is 0 Å². The monoisotopic (exact) mass is 166 g/mol. The van der Waals surface area contributed by atoms with Gasteiger partial charge in [-0.2, -0.15) is 0 Å². The quantitative estimate of drug-likeness (QED) is 0.390. The van der Waals surface area contributed by atoms with E-state index in [-0.39, 0.29) is 0 Å². The average Bonchev–Trinajstić information content (AvgIpc) is 2.10. The summed E-state index contributed by atoms with van der Waals surface area (Å²) in [7, 11) is 0. The lowest BCUT2D eigenvalue weighted by molar-refractivity contribution is 0.635. The number of hydrogen-bond acceptors (Lipinski definition) is 0. The van der Waals surface area contributed by atoms with Crippen LogP contribution in [0.15, 0.2) is 24.8 Å². The second-order valence-corrected chi connectivity index (χ2v) is 3.26. The minimum absolute atomic E-state index is 0.722. The molecule has 1 atom stereocenters. The highest BCUT2D eigenvalue weighted by Crippen LogP contribution is 2.11. The molecule has 0 spiro atoms. The van der Waals surface area contributed by atoms with Gasteiger partial charge in [-0.15, -0.1) is 6.58 Å². The molecule has 0 aliphatic rings. The van der Waals surface area contributed by atoms with Crippen LogP contribution in [0.5, 0.6) is 0 Å². The van der Waals surface area contributed by atoms with Crippen molar-refractivity contribution < 1.29 is 0 Å². The standard InChI is InChI=1S/C12H22/c1-4-7-8-9-11-12(6-3)10-5-2/h5,9,11-12H,2,4,6-8,10H2,1,3H3. The Hall–Kier alpha value is -0.520. The summed E-state index contributed by atoms with van der Waals surface area (Å²) in [6.07, 6.45) is 12.9. The highest BCUT2D eigenvalue weighted by molar-refractivity contribution is 4.90. The highest BCUT2D eigenvalue weighted by atomic mass is 14.0. The van der Waals surface area contributed by atoms with Gasteiger partial charge in [-0.05, 0) is 25.2 Å². The fourth-order valence-electron chi connectivity index (χ4n) is 1.21. The zero-order chi connectivity index (χ0) is 9.23. The molecule has 12 heavy (non-hydrogen) atoms. The summed E-state index contributed by atoms with van der Waals surface area (Å²) in [5.41, 5.74) is 0. The van der Waals surface area contributed by atoms with Gasteiger partial charge in [0.05, 0.1) is 0 Å². The number of allylic oxidation sites excluding steroid dienone is 3. The lowest BCUT2D eigenvalue weighted by Crippen LogP contribution is -1.90. The minimum Gasteiger partial charge on any atom is -0.103 e. The Labute approximate surface area is 77.4 Å². The summed E-state index contributed by atoms with van der Waals surface area (Å²) in [6.45, 7) is 8.22. The maximum atomic E-state index is 3.76. The number of rotatable bonds is 7. The molecule has 0 rings (SSSR count). The third-order valence-corrected chi connectivity index (χ3v) is 2.13. The molecule has 0 heteroatoms. The molecule has 0 heterocycles. The molecular weight excluding hydrogens is 144 g/mol. The van der Waals surface area contributed by atoms with Crippen molar-refractivity contribution in [1.29, 1.82) is 0 Å². The second-order valence-electron chi connectivity index (χ2n) is 3.26. The van der Waals surface area contributed by atoms with E-state index in [0.29, 0.717) is 0 Å². The lowest BCUT2D eigenvalue weighted by atomic mass is 10.0. The van der Waals surface area contributed by atoms with E-state index < -0.39 is 0 Å². The van der Waals surface area contributed by atoms with Crippen LogP contribution in [-0.4, -0.2) is 0 Å². The zero-order valence-corrected chi connectivity index (χ0v) is 8.55. The largest absolute Gasteiger partial charge is 0.103 e.